The average Bonchev–Trinajstić information content (AvgIpc) is 3.09. The first-order valence-electron chi connectivity index (χ1n) is 8.71. The van der Waals surface area contributed by atoms with Gasteiger partial charge in [0.2, 0.25) is 0 Å². The standard InChI is InChI=1S/C12H13.C9H11.2BrH.Hf/c1-9(2)11-8-7-10-5-3-4-6-12(10)11;1-2-5-9-7-3-6-8(9)4-1;;;/h3-7,9,11H,1-2H3;3,6-7H,1-2,4-5H2;2*1H;/q;;;;+2/p-2. The molecule has 1 aromatic rings. The summed E-state index contributed by atoms with van der Waals surface area (Å²) in [5, 5.41) is 0. The van der Waals surface area contributed by atoms with E-state index in [1.54, 1.807) is 11.1 Å². The van der Waals surface area contributed by atoms with Gasteiger partial charge in [-0.1, -0.05) is 0 Å². The SMILES string of the molecule is CC(C)C1[C]([Hf+2][CH]2C=CC3=C2CCCC3)=Cc2ccccc21.[Br-].[Br-]. The Kier molecular flexibility index (Phi) is 7.52. The Bertz CT molecular complexity index is 685. The van der Waals surface area contributed by atoms with Crippen molar-refractivity contribution in [3.05, 3.63) is 62.0 Å². The molecule has 126 valence electrons. The van der Waals surface area contributed by atoms with Crippen molar-refractivity contribution in [1.29, 1.82) is 0 Å². The van der Waals surface area contributed by atoms with Gasteiger partial charge in [0.05, 0.1) is 0 Å². The van der Waals surface area contributed by atoms with Crippen LogP contribution in [0.5, 0.6) is 0 Å². The third-order valence-corrected chi connectivity index (χ3v) is 11.3. The second-order valence-electron chi connectivity index (χ2n) is 7.19. The molecule has 4 rings (SSSR count). The van der Waals surface area contributed by atoms with E-state index in [2.05, 4.69) is 56.3 Å². The van der Waals surface area contributed by atoms with Crippen molar-refractivity contribution in [2.45, 2.75) is 49.1 Å². The summed E-state index contributed by atoms with van der Waals surface area (Å²) >= 11 is -0.826. The van der Waals surface area contributed by atoms with Crippen LogP contribution in [0.2, 0.25) is 3.67 Å². The molecule has 0 aromatic heterocycles. The molecular weight excluding hydrogens is 591 g/mol. The number of rotatable bonds is 3. The Morgan fingerprint density at radius 2 is 1.79 bits per heavy atom. The summed E-state index contributed by atoms with van der Waals surface area (Å²) < 4.78 is 2.72. The molecule has 3 aliphatic carbocycles. The van der Waals surface area contributed by atoms with Crippen molar-refractivity contribution < 1.29 is 56.9 Å². The van der Waals surface area contributed by atoms with Crippen LogP contribution in [0.1, 0.15) is 56.6 Å². The van der Waals surface area contributed by atoms with E-state index in [4.69, 9.17) is 0 Å². The number of halogens is 2. The Labute approximate surface area is 178 Å². The minimum atomic E-state index is -0.826. The number of allylic oxidation sites excluding steroid dienone is 5. The van der Waals surface area contributed by atoms with Crippen LogP contribution in [0.4, 0.5) is 0 Å². The Hall–Kier alpha value is 0.270. The molecule has 0 amide bonds. The first-order valence-corrected chi connectivity index (χ1v) is 12.6. The molecule has 0 aliphatic heterocycles. The number of hydrogen-bond acceptors (Lipinski definition) is 0. The van der Waals surface area contributed by atoms with Crippen LogP contribution < -0.4 is 34.0 Å². The summed E-state index contributed by atoms with van der Waals surface area (Å²) in [7, 11) is 0. The fourth-order valence-corrected chi connectivity index (χ4v) is 11.4. The molecule has 2 unspecified atom stereocenters. The molecule has 3 heteroatoms. The van der Waals surface area contributed by atoms with Crippen molar-refractivity contribution in [1.82, 2.24) is 0 Å². The molecule has 0 heterocycles. The zero-order chi connectivity index (χ0) is 15.1. The van der Waals surface area contributed by atoms with Crippen molar-refractivity contribution in [2.75, 3.05) is 0 Å². The molecular formula is C21H24Br2Hf. The molecule has 0 N–H and O–H groups in total. The van der Waals surface area contributed by atoms with Gasteiger partial charge in [0.15, 0.2) is 0 Å². The second-order valence-corrected chi connectivity index (χ2v) is 12.5. The fraction of sp³-hybridized carbons (Fsp3) is 0.429. The van der Waals surface area contributed by atoms with Crippen molar-refractivity contribution in [3.8, 4) is 0 Å². The average molecular weight is 615 g/mol. The molecule has 0 saturated carbocycles. The molecule has 2 atom stereocenters. The molecule has 0 radical (unpaired) electrons. The molecule has 1 aromatic carbocycles. The zero-order valence-corrected chi connectivity index (χ0v) is 21.1. The van der Waals surface area contributed by atoms with Crippen molar-refractivity contribution >= 4 is 6.08 Å². The van der Waals surface area contributed by atoms with Gasteiger partial charge in [0, 0.05) is 0 Å². The minimum Gasteiger partial charge on any atom is -1.00 e. The summed E-state index contributed by atoms with van der Waals surface area (Å²) in [6.45, 7) is 4.81. The first kappa shape index (κ1) is 20.6. The quantitative estimate of drug-likeness (QED) is 0.424. The van der Waals surface area contributed by atoms with E-state index in [-0.39, 0.29) is 34.0 Å². The van der Waals surface area contributed by atoms with Crippen LogP contribution in [0.3, 0.4) is 0 Å². The maximum absolute atomic E-state index is 2.57. The molecule has 0 spiro atoms. The molecule has 0 fully saturated rings. The second kappa shape index (κ2) is 8.77. The first-order chi connectivity index (χ1) is 10.7. The smallest absolute Gasteiger partial charge is 1.00 e. The zero-order valence-electron chi connectivity index (χ0n) is 14.4. The number of fused-ring (bicyclic) bond motifs is 1. The van der Waals surface area contributed by atoms with Crippen LogP contribution in [-0.2, 0) is 22.9 Å². The molecule has 0 saturated heterocycles. The summed E-state index contributed by atoms with van der Waals surface area (Å²) in [6.07, 6.45) is 13.2. The Morgan fingerprint density at radius 1 is 1.04 bits per heavy atom. The summed E-state index contributed by atoms with van der Waals surface area (Å²) in [4.78, 5) is 0. The van der Waals surface area contributed by atoms with Crippen LogP contribution in [0.15, 0.2) is 50.9 Å². The molecule has 3 aliphatic rings. The van der Waals surface area contributed by atoms with Crippen LogP contribution in [0.25, 0.3) is 6.08 Å². The van der Waals surface area contributed by atoms with Gasteiger partial charge in [-0.2, -0.15) is 0 Å². The fourth-order valence-electron chi connectivity index (χ4n) is 4.34. The van der Waals surface area contributed by atoms with Gasteiger partial charge in [-0.15, -0.1) is 0 Å². The van der Waals surface area contributed by atoms with Crippen molar-refractivity contribution in [3.63, 3.8) is 0 Å². The summed E-state index contributed by atoms with van der Waals surface area (Å²) in [5.74, 6) is 1.44. The van der Waals surface area contributed by atoms with E-state index in [1.807, 2.05) is 8.90 Å². The normalized spacial score (nSPS) is 23.9. The minimum absolute atomic E-state index is 0. The van der Waals surface area contributed by atoms with Crippen LogP contribution in [-0.4, -0.2) is 0 Å². The van der Waals surface area contributed by atoms with E-state index < -0.39 is 22.9 Å². The van der Waals surface area contributed by atoms with Gasteiger partial charge in [-0.3, -0.25) is 0 Å². The predicted octanol–water partition coefficient (Wildman–Crippen LogP) is 0.100. The topological polar surface area (TPSA) is 0 Å². The van der Waals surface area contributed by atoms with E-state index in [0.717, 1.165) is 9.59 Å². The summed E-state index contributed by atoms with van der Waals surface area (Å²) in [5.41, 5.74) is 6.65. The number of hydrogen-bond donors (Lipinski definition) is 0. The third-order valence-electron chi connectivity index (χ3n) is 5.39. The van der Waals surface area contributed by atoms with E-state index >= 15 is 0 Å². The van der Waals surface area contributed by atoms with Gasteiger partial charge < -0.3 is 34.0 Å². The van der Waals surface area contributed by atoms with Crippen LogP contribution >= 0.6 is 0 Å². The molecule has 0 nitrogen and oxygen atoms in total. The van der Waals surface area contributed by atoms with Crippen LogP contribution in [0, 0.1) is 5.92 Å². The van der Waals surface area contributed by atoms with Gasteiger partial charge in [-0.25, -0.2) is 0 Å². The predicted molar refractivity (Wildman–Crippen MR) is 90.4 cm³/mol. The Balaban J connectivity index is 0.00000104. The van der Waals surface area contributed by atoms with E-state index in [1.165, 1.54) is 31.2 Å². The largest absolute Gasteiger partial charge is 1.00 e. The van der Waals surface area contributed by atoms with E-state index in [9.17, 15) is 0 Å². The maximum atomic E-state index is 2.57. The Morgan fingerprint density at radius 3 is 2.58 bits per heavy atom. The van der Waals surface area contributed by atoms with Crippen molar-refractivity contribution in [2.24, 2.45) is 5.92 Å². The van der Waals surface area contributed by atoms with Gasteiger partial charge in [0.25, 0.3) is 0 Å². The van der Waals surface area contributed by atoms with Gasteiger partial charge in [-0.05, 0) is 0 Å². The van der Waals surface area contributed by atoms with Gasteiger partial charge in [0.1, 0.15) is 0 Å². The summed E-state index contributed by atoms with van der Waals surface area (Å²) in [6, 6.07) is 9.09. The molecule has 24 heavy (non-hydrogen) atoms. The van der Waals surface area contributed by atoms with Gasteiger partial charge >= 0.3 is 146 Å². The number of benzene rings is 1. The third kappa shape index (κ3) is 3.83. The molecule has 0 bridgehead atoms. The maximum Gasteiger partial charge on any atom is -1.00 e. The monoisotopic (exact) mass is 614 g/mol. The van der Waals surface area contributed by atoms with E-state index in [0.29, 0.717) is 5.92 Å².